The van der Waals surface area contributed by atoms with Crippen LogP contribution < -0.4 is 5.73 Å². The Morgan fingerprint density at radius 1 is 1.33 bits per heavy atom. The van der Waals surface area contributed by atoms with Crippen molar-refractivity contribution in [1.82, 2.24) is 4.90 Å². The molecule has 3 rings (SSSR count). The first kappa shape index (κ1) is 15.9. The number of benzene rings is 1. The molecule has 1 amide bonds. The van der Waals surface area contributed by atoms with Gasteiger partial charge in [0.05, 0.1) is 0 Å². The summed E-state index contributed by atoms with van der Waals surface area (Å²) < 4.78 is 5.68. The second kappa shape index (κ2) is 6.50. The van der Waals surface area contributed by atoms with Crippen LogP contribution in [0.25, 0.3) is 11.0 Å². The summed E-state index contributed by atoms with van der Waals surface area (Å²) in [6.45, 7) is 4.30. The van der Waals surface area contributed by atoms with Crippen molar-refractivity contribution in [2.75, 3.05) is 19.6 Å². The molecule has 1 aromatic carbocycles. The summed E-state index contributed by atoms with van der Waals surface area (Å²) >= 11 is 0. The number of nitrogens with two attached hydrogens (primary N) is 1. The summed E-state index contributed by atoms with van der Waals surface area (Å²) in [6, 6.07) is 7.80. The molecule has 0 radical (unpaired) electrons. The standard InChI is InChI=1S/C16H20N2O2.ClH/c1-11-2-3-14-13(8-11)9-15(20-14)16(19)18-6-4-12(10-17)5-7-18;/h2-3,8-9,12H,4-7,10,17H2,1H3;1H. The fourth-order valence-corrected chi connectivity index (χ4v) is 2.80. The van der Waals surface area contributed by atoms with Gasteiger partial charge >= 0.3 is 0 Å². The van der Waals surface area contributed by atoms with Crippen molar-refractivity contribution in [3.8, 4) is 0 Å². The minimum atomic E-state index is -0.00526. The molecule has 1 aliphatic heterocycles. The fraction of sp³-hybridized carbons (Fsp3) is 0.438. The number of piperidine rings is 1. The molecule has 0 unspecified atom stereocenters. The van der Waals surface area contributed by atoms with E-state index in [4.69, 9.17) is 10.2 Å². The lowest BCUT2D eigenvalue weighted by atomic mass is 9.97. The van der Waals surface area contributed by atoms with Crippen LogP contribution in [-0.4, -0.2) is 30.4 Å². The van der Waals surface area contributed by atoms with Gasteiger partial charge in [0.1, 0.15) is 5.58 Å². The number of halogens is 1. The van der Waals surface area contributed by atoms with Crippen molar-refractivity contribution in [3.63, 3.8) is 0 Å². The van der Waals surface area contributed by atoms with E-state index >= 15 is 0 Å². The predicted octanol–water partition coefficient (Wildman–Crippen LogP) is 2.97. The lowest BCUT2D eigenvalue weighted by molar-refractivity contribution is 0.0663. The van der Waals surface area contributed by atoms with Crippen LogP contribution in [0.4, 0.5) is 0 Å². The van der Waals surface area contributed by atoms with Gasteiger partial charge < -0.3 is 15.1 Å². The molecule has 114 valence electrons. The Kier molecular flexibility index (Phi) is 4.91. The topological polar surface area (TPSA) is 59.5 Å². The van der Waals surface area contributed by atoms with Crippen molar-refractivity contribution in [2.45, 2.75) is 19.8 Å². The number of hydrogen-bond donors (Lipinski definition) is 1. The van der Waals surface area contributed by atoms with Gasteiger partial charge in [0.15, 0.2) is 5.76 Å². The maximum absolute atomic E-state index is 12.5. The zero-order valence-electron chi connectivity index (χ0n) is 12.2. The van der Waals surface area contributed by atoms with E-state index in [1.165, 1.54) is 5.56 Å². The van der Waals surface area contributed by atoms with Crippen LogP contribution in [0, 0.1) is 12.8 Å². The third kappa shape index (κ3) is 3.22. The summed E-state index contributed by atoms with van der Waals surface area (Å²) in [6.07, 6.45) is 1.98. The van der Waals surface area contributed by atoms with E-state index in [2.05, 4.69) is 0 Å². The molecule has 0 spiro atoms. The first-order chi connectivity index (χ1) is 9.67. The largest absolute Gasteiger partial charge is 0.451 e. The summed E-state index contributed by atoms with van der Waals surface area (Å²) in [4.78, 5) is 14.3. The van der Waals surface area contributed by atoms with Crippen molar-refractivity contribution in [2.24, 2.45) is 11.7 Å². The van der Waals surface area contributed by atoms with Crippen LogP contribution in [0.1, 0.15) is 29.0 Å². The van der Waals surface area contributed by atoms with E-state index in [9.17, 15) is 4.79 Å². The molecule has 1 aromatic heterocycles. The van der Waals surface area contributed by atoms with Crippen LogP contribution in [-0.2, 0) is 0 Å². The zero-order valence-corrected chi connectivity index (χ0v) is 13.0. The molecule has 2 N–H and O–H groups in total. The smallest absolute Gasteiger partial charge is 0.289 e. The van der Waals surface area contributed by atoms with Crippen molar-refractivity contribution < 1.29 is 9.21 Å². The molecule has 2 heterocycles. The molecule has 0 aliphatic carbocycles. The summed E-state index contributed by atoms with van der Waals surface area (Å²) in [5.41, 5.74) is 7.62. The molecule has 5 heteroatoms. The summed E-state index contributed by atoms with van der Waals surface area (Å²) in [7, 11) is 0. The number of carbonyl (C=O) groups is 1. The van der Waals surface area contributed by atoms with E-state index in [1.807, 2.05) is 36.1 Å². The van der Waals surface area contributed by atoms with Gasteiger partial charge in [-0.05, 0) is 50.4 Å². The lowest BCUT2D eigenvalue weighted by Crippen LogP contribution is -2.39. The average molecular weight is 309 g/mol. The zero-order chi connectivity index (χ0) is 14.1. The Hall–Kier alpha value is -1.52. The predicted molar refractivity (Wildman–Crippen MR) is 85.9 cm³/mol. The molecule has 0 saturated carbocycles. The lowest BCUT2D eigenvalue weighted by Gasteiger charge is -2.30. The molecule has 1 fully saturated rings. The number of nitrogens with zero attached hydrogens (tertiary/aromatic N) is 1. The molecule has 0 bridgehead atoms. The third-order valence-electron chi connectivity index (χ3n) is 4.12. The fourth-order valence-electron chi connectivity index (χ4n) is 2.80. The maximum Gasteiger partial charge on any atom is 0.289 e. The number of carbonyl (C=O) groups excluding carboxylic acids is 1. The summed E-state index contributed by atoms with van der Waals surface area (Å²) in [5, 5.41) is 0.991. The van der Waals surface area contributed by atoms with E-state index < -0.39 is 0 Å². The Morgan fingerprint density at radius 2 is 2.05 bits per heavy atom. The van der Waals surface area contributed by atoms with Crippen LogP contribution in [0.15, 0.2) is 28.7 Å². The molecule has 1 aliphatic rings. The van der Waals surface area contributed by atoms with Crippen LogP contribution >= 0.6 is 12.4 Å². The van der Waals surface area contributed by atoms with Crippen molar-refractivity contribution in [1.29, 1.82) is 0 Å². The molecule has 1 saturated heterocycles. The number of aryl methyl sites for hydroxylation is 1. The highest BCUT2D eigenvalue weighted by molar-refractivity contribution is 5.96. The average Bonchev–Trinajstić information content (AvgIpc) is 2.89. The summed E-state index contributed by atoms with van der Waals surface area (Å²) in [5.74, 6) is 0.989. The van der Waals surface area contributed by atoms with Gasteiger partial charge in [0, 0.05) is 18.5 Å². The number of likely N-dealkylation sites (tertiary alicyclic amines) is 1. The van der Waals surface area contributed by atoms with Gasteiger partial charge in [-0.15, -0.1) is 12.4 Å². The first-order valence-electron chi connectivity index (χ1n) is 7.17. The molecule has 0 atom stereocenters. The Bertz CT molecular complexity index is 630. The highest BCUT2D eigenvalue weighted by atomic mass is 35.5. The molecule has 2 aromatic rings. The minimum absolute atomic E-state index is 0. The Morgan fingerprint density at radius 3 is 2.71 bits per heavy atom. The maximum atomic E-state index is 12.5. The molecule has 21 heavy (non-hydrogen) atoms. The van der Waals surface area contributed by atoms with Gasteiger partial charge in [-0.2, -0.15) is 0 Å². The Labute approximate surface area is 130 Å². The van der Waals surface area contributed by atoms with E-state index in [-0.39, 0.29) is 18.3 Å². The second-order valence-corrected chi connectivity index (χ2v) is 5.62. The molecule has 4 nitrogen and oxygen atoms in total. The van der Waals surface area contributed by atoms with Gasteiger partial charge in [0.25, 0.3) is 5.91 Å². The Balaban J connectivity index is 0.00000161. The normalized spacial score (nSPS) is 16.0. The molecular weight excluding hydrogens is 288 g/mol. The van der Waals surface area contributed by atoms with E-state index in [1.54, 1.807) is 0 Å². The highest BCUT2D eigenvalue weighted by Gasteiger charge is 2.25. The van der Waals surface area contributed by atoms with Crippen LogP contribution in [0.5, 0.6) is 0 Å². The quantitative estimate of drug-likeness (QED) is 0.928. The van der Waals surface area contributed by atoms with Crippen LogP contribution in [0.2, 0.25) is 0 Å². The molecular formula is C16H21ClN2O2. The van der Waals surface area contributed by atoms with Gasteiger partial charge in [-0.1, -0.05) is 11.6 Å². The van der Waals surface area contributed by atoms with Crippen LogP contribution in [0.3, 0.4) is 0 Å². The monoisotopic (exact) mass is 308 g/mol. The first-order valence-corrected chi connectivity index (χ1v) is 7.17. The van der Waals surface area contributed by atoms with Gasteiger partial charge in [-0.25, -0.2) is 0 Å². The number of furan rings is 1. The minimum Gasteiger partial charge on any atom is -0.451 e. The highest BCUT2D eigenvalue weighted by Crippen LogP contribution is 2.23. The SMILES string of the molecule is Cc1ccc2oc(C(=O)N3CCC(CN)CC3)cc2c1.Cl. The van der Waals surface area contributed by atoms with Gasteiger partial charge in [-0.3, -0.25) is 4.79 Å². The number of amides is 1. The number of fused-ring (bicyclic) bond motifs is 1. The van der Waals surface area contributed by atoms with Crippen molar-refractivity contribution in [3.05, 3.63) is 35.6 Å². The van der Waals surface area contributed by atoms with E-state index in [0.29, 0.717) is 18.2 Å². The second-order valence-electron chi connectivity index (χ2n) is 5.62. The van der Waals surface area contributed by atoms with E-state index in [0.717, 1.165) is 36.9 Å². The van der Waals surface area contributed by atoms with Crippen molar-refractivity contribution >= 4 is 29.3 Å². The number of hydrogen-bond acceptors (Lipinski definition) is 3. The third-order valence-corrected chi connectivity index (χ3v) is 4.12. The van der Waals surface area contributed by atoms with Gasteiger partial charge in [0.2, 0.25) is 0 Å². The number of rotatable bonds is 2.